The maximum Gasteiger partial charge on any atom is 0.348 e. The lowest BCUT2D eigenvalue weighted by atomic mass is 10.3. The van der Waals surface area contributed by atoms with Crippen LogP contribution in [0.3, 0.4) is 0 Å². The fraction of sp³-hybridized carbons (Fsp3) is 0.583. The summed E-state index contributed by atoms with van der Waals surface area (Å²) in [6.07, 6.45) is 1.25. The summed E-state index contributed by atoms with van der Waals surface area (Å²) in [7, 11) is 1.39. The van der Waals surface area contributed by atoms with E-state index in [0.717, 1.165) is 5.56 Å². The van der Waals surface area contributed by atoms with E-state index < -0.39 is 0 Å². The van der Waals surface area contributed by atoms with E-state index >= 15 is 0 Å². The number of ether oxygens (including phenoxy) is 1. The Kier molecular flexibility index (Phi) is 12.4. The highest BCUT2D eigenvalue weighted by molar-refractivity contribution is 7.12. The molecular formula is C12H22O2S. The Labute approximate surface area is 97.3 Å². The van der Waals surface area contributed by atoms with Crippen molar-refractivity contribution < 1.29 is 9.53 Å². The van der Waals surface area contributed by atoms with Crippen molar-refractivity contribution in [2.24, 2.45) is 0 Å². The lowest BCUT2D eigenvalue weighted by Crippen LogP contribution is -1.96. The Hall–Kier alpha value is -0.830. The summed E-state index contributed by atoms with van der Waals surface area (Å²) < 4.78 is 4.52. The summed E-state index contributed by atoms with van der Waals surface area (Å²) >= 11 is 1.41. The molecule has 0 aliphatic carbocycles. The van der Waals surface area contributed by atoms with Gasteiger partial charge in [-0.15, -0.1) is 11.3 Å². The number of methoxy groups -OCH3 is 1. The van der Waals surface area contributed by atoms with Crippen LogP contribution in [0.2, 0.25) is 0 Å². The number of aryl methyl sites for hydroxylation is 1. The minimum Gasteiger partial charge on any atom is -0.465 e. The molecule has 2 nitrogen and oxygen atoms in total. The van der Waals surface area contributed by atoms with E-state index in [9.17, 15) is 4.79 Å². The molecule has 0 aromatic carbocycles. The summed E-state index contributed by atoms with van der Waals surface area (Å²) in [6, 6.07) is 1.82. The predicted molar refractivity (Wildman–Crippen MR) is 67.7 cm³/mol. The Morgan fingerprint density at radius 1 is 1.40 bits per heavy atom. The first-order valence-corrected chi connectivity index (χ1v) is 6.17. The highest BCUT2D eigenvalue weighted by Crippen LogP contribution is 2.13. The number of thiophene rings is 1. The highest BCUT2D eigenvalue weighted by Gasteiger charge is 2.05. The third-order valence-corrected chi connectivity index (χ3v) is 2.15. The van der Waals surface area contributed by atoms with Gasteiger partial charge in [-0.25, -0.2) is 4.79 Å². The zero-order chi connectivity index (χ0) is 12.3. The van der Waals surface area contributed by atoms with Crippen LogP contribution in [0.4, 0.5) is 0 Å². The van der Waals surface area contributed by atoms with Gasteiger partial charge in [-0.2, -0.15) is 0 Å². The largest absolute Gasteiger partial charge is 0.465 e. The third-order valence-electron chi connectivity index (χ3n) is 1.12. The van der Waals surface area contributed by atoms with Crippen LogP contribution < -0.4 is 0 Å². The quantitative estimate of drug-likeness (QED) is 0.673. The normalized spacial score (nSPS) is 7.87. The summed E-state index contributed by atoms with van der Waals surface area (Å²) in [4.78, 5) is 11.5. The van der Waals surface area contributed by atoms with Gasteiger partial charge in [-0.1, -0.05) is 34.1 Å². The first-order chi connectivity index (χ1) is 7.15. The van der Waals surface area contributed by atoms with Gasteiger partial charge in [-0.05, 0) is 23.9 Å². The lowest BCUT2D eigenvalue weighted by Gasteiger charge is -1.90. The molecule has 0 atom stereocenters. The van der Waals surface area contributed by atoms with Gasteiger partial charge < -0.3 is 4.74 Å². The molecule has 0 saturated heterocycles. The number of rotatable bonds is 1. The molecule has 0 amide bonds. The lowest BCUT2D eigenvalue weighted by molar-refractivity contribution is 0.0606. The maximum atomic E-state index is 10.8. The zero-order valence-electron chi connectivity index (χ0n) is 10.6. The van der Waals surface area contributed by atoms with Gasteiger partial charge in [0.1, 0.15) is 4.88 Å². The van der Waals surface area contributed by atoms with E-state index in [1.165, 1.54) is 24.9 Å². The molecule has 1 heterocycles. The smallest absolute Gasteiger partial charge is 0.348 e. The van der Waals surface area contributed by atoms with Crippen molar-refractivity contribution >= 4 is 17.3 Å². The molecule has 0 fully saturated rings. The number of carbonyl (C=O) groups excluding carboxylic acids is 1. The molecule has 0 bridgehead atoms. The average molecular weight is 230 g/mol. The number of esters is 1. The van der Waals surface area contributed by atoms with Crippen LogP contribution in [-0.4, -0.2) is 13.1 Å². The zero-order valence-corrected chi connectivity index (χ0v) is 11.4. The number of hydrogen-bond donors (Lipinski definition) is 0. The Bertz CT molecular complexity index is 254. The molecule has 0 aliphatic heterocycles. The van der Waals surface area contributed by atoms with Crippen LogP contribution in [0, 0.1) is 6.92 Å². The summed E-state index contributed by atoms with van der Waals surface area (Å²) in [5.74, 6) is -0.252. The van der Waals surface area contributed by atoms with Crippen molar-refractivity contribution in [3.05, 3.63) is 21.9 Å². The standard InChI is InChI=1S/C7H8O2S.C3H8.C2H6/c1-5-3-6(10-4-5)7(8)9-2;1-3-2;1-2/h3-4H,1-2H3;3H2,1-2H3;1-2H3. The monoisotopic (exact) mass is 230 g/mol. The molecular weight excluding hydrogens is 208 g/mol. The first-order valence-electron chi connectivity index (χ1n) is 5.29. The highest BCUT2D eigenvalue weighted by atomic mass is 32.1. The van der Waals surface area contributed by atoms with E-state index in [-0.39, 0.29) is 5.97 Å². The van der Waals surface area contributed by atoms with Crippen LogP contribution in [-0.2, 0) is 4.74 Å². The second-order valence-electron chi connectivity index (χ2n) is 2.69. The van der Waals surface area contributed by atoms with Gasteiger partial charge in [0.05, 0.1) is 7.11 Å². The fourth-order valence-electron chi connectivity index (χ4n) is 0.639. The van der Waals surface area contributed by atoms with Crippen LogP contribution in [0.15, 0.2) is 11.4 Å². The van der Waals surface area contributed by atoms with Crippen molar-refractivity contribution in [1.29, 1.82) is 0 Å². The second kappa shape index (κ2) is 11.2. The van der Waals surface area contributed by atoms with Crippen molar-refractivity contribution in [3.8, 4) is 0 Å². The topological polar surface area (TPSA) is 26.3 Å². The molecule has 0 N–H and O–H groups in total. The van der Waals surface area contributed by atoms with Crippen LogP contribution in [0.5, 0.6) is 0 Å². The minimum atomic E-state index is -0.252. The minimum absolute atomic E-state index is 0.252. The summed E-state index contributed by atoms with van der Waals surface area (Å²) in [5, 5.41) is 1.92. The predicted octanol–water partition coefficient (Wildman–Crippen LogP) is 4.29. The molecule has 15 heavy (non-hydrogen) atoms. The van der Waals surface area contributed by atoms with E-state index in [1.807, 2.05) is 32.2 Å². The van der Waals surface area contributed by atoms with Crippen molar-refractivity contribution in [3.63, 3.8) is 0 Å². The van der Waals surface area contributed by atoms with Crippen molar-refractivity contribution in [2.45, 2.75) is 41.0 Å². The third kappa shape index (κ3) is 8.18. The summed E-state index contributed by atoms with van der Waals surface area (Å²) in [5.41, 5.74) is 1.10. The van der Waals surface area contributed by atoms with Crippen LogP contribution in [0.25, 0.3) is 0 Å². The molecule has 1 aromatic heterocycles. The van der Waals surface area contributed by atoms with E-state index in [1.54, 1.807) is 0 Å². The van der Waals surface area contributed by atoms with E-state index in [4.69, 9.17) is 0 Å². The van der Waals surface area contributed by atoms with Gasteiger partial charge >= 0.3 is 5.97 Å². The van der Waals surface area contributed by atoms with Gasteiger partial charge in [-0.3, -0.25) is 0 Å². The molecule has 0 spiro atoms. The van der Waals surface area contributed by atoms with E-state index in [2.05, 4.69) is 18.6 Å². The Morgan fingerprint density at radius 2 is 1.87 bits per heavy atom. The molecule has 0 unspecified atom stereocenters. The fourth-order valence-corrected chi connectivity index (χ4v) is 1.45. The number of carbonyl (C=O) groups is 1. The Balaban J connectivity index is 0. The maximum absolute atomic E-state index is 10.8. The van der Waals surface area contributed by atoms with Crippen LogP contribution >= 0.6 is 11.3 Å². The molecule has 0 aliphatic rings. The molecule has 3 heteroatoms. The van der Waals surface area contributed by atoms with E-state index in [0.29, 0.717) is 4.88 Å². The van der Waals surface area contributed by atoms with Gasteiger partial charge in [0.2, 0.25) is 0 Å². The van der Waals surface area contributed by atoms with Gasteiger partial charge in [0.25, 0.3) is 0 Å². The Morgan fingerprint density at radius 3 is 2.13 bits per heavy atom. The average Bonchev–Trinajstić information content (AvgIpc) is 2.68. The second-order valence-corrected chi connectivity index (χ2v) is 3.60. The van der Waals surface area contributed by atoms with Crippen molar-refractivity contribution in [1.82, 2.24) is 0 Å². The summed E-state index contributed by atoms with van der Waals surface area (Å²) in [6.45, 7) is 10.2. The van der Waals surface area contributed by atoms with Gasteiger partial charge in [0, 0.05) is 0 Å². The van der Waals surface area contributed by atoms with Crippen LogP contribution in [0.1, 0.15) is 49.4 Å². The molecule has 0 radical (unpaired) electrons. The molecule has 1 aromatic rings. The first kappa shape index (κ1) is 16.6. The van der Waals surface area contributed by atoms with Crippen molar-refractivity contribution in [2.75, 3.05) is 7.11 Å². The molecule has 88 valence electrons. The van der Waals surface area contributed by atoms with Gasteiger partial charge in [0.15, 0.2) is 0 Å². The SMILES string of the molecule is CC.CCC.COC(=O)c1cc(C)cs1. The molecule has 1 rings (SSSR count). The number of hydrogen-bond acceptors (Lipinski definition) is 3. The molecule has 0 saturated carbocycles.